The van der Waals surface area contributed by atoms with Crippen molar-refractivity contribution in [3.63, 3.8) is 0 Å². The monoisotopic (exact) mass is 454 g/mol. The summed E-state index contributed by atoms with van der Waals surface area (Å²) < 4.78 is 2.10. The van der Waals surface area contributed by atoms with E-state index in [-0.39, 0.29) is 6.03 Å². The number of nitrogens with two attached hydrogens (primary N) is 1. The smallest absolute Gasteiger partial charge is 0.319 e. The highest BCUT2D eigenvalue weighted by molar-refractivity contribution is 7.98. The molecule has 0 saturated heterocycles. The van der Waals surface area contributed by atoms with Crippen LogP contribution in [0.25, 0.3) is 21.9 Å². The summed E-state index contributed by atoms with van der Waals surface area (Å²) in [6.07, 6.45) is 5.48. The first-order chi connectivity index (χ1) is 15.1. The van der Waals surface area contributed by atoms with Gasteiger partial charge in [-0.05, 0) is 43.4 Å². The number of carbonyl (C=O) groups excluding carboxylic acids is 1. The Morgan fingerprint density at radius 2 is 2.06 bits per heavy atom. The number of unbranched alkanes of at least 4 members (excludes halogenated alkanes) is 1. The summed E-state index contributed by atoms with van der Waals surface area (Å²) in [6, 6.07) is 13.2. The Balaban J connectivity index is 1.32. The van der Waals surface area contributed by atoms with Crippen molar-refractivity contribution < 1.29 is 4.79 Å². The van der Waals surface area contributed by atoms with Crippen LogP contribution in [0.15, 0.2) is 53.7 Å². The highest BCUT2D eigenvalue weighted by Crippen LogP contribution is 2.28. The zero-order chi connectivity index (χ0) is 21.8. The van der Waals surface area contributed by atoms with Gasteiger partial charge in [0.05, 0.1) is 28.1 Å². The third kappa shape index (κ3) is 4.70. The third-order valence-corrected chi connectivity index (χ3v) is 6.07. The van der Waals surface area contributed by atoms with Crippen molar-refractivity contribution in [3.8, 4) is 0 Å². The largest absolute Gasteiger partial charge is 0.382 e. The lowest BCUT2D eigenvalue weighted by Crippen LogP contribution is -2.29. The van der Waals surface area contributed by atoms with E-state index in [1.54, 1.807) is 24.2 Å². The Hall–Kier alpha value is -2.97. The second-order valence-corrected chi connectivity index (χ2v) is 8.37. The van der Waals surface area contributed by atoms with Crippen LogP contribution in [-0.2, 0) is 6.54 Å². The second-order valence-electron chi connectivity index (χ2n) is 7.08. The maximum Gasteiger partial charge on any atom is 0.319 e. The van der Waals surface area contributed by atoms with Gasteiger partial charge in [-0.25, -0.2) is 14.8 Å². The molecule has 2 aromatic carbocycles. The molecule has 0 unspecified atom stereocenters. The van der Waals surface area contributed by atoms with E-state index in [1.165, 1.54) is 0 Å². The predicted octanol–water partition coefficient (Wildman–Crippen LogP) is 5.14. The molecule has 0 aliphatic rings. The SMILES string of the molecule is CSc1ccc(Cl)c(NC(=O)NCCCCn2cnc3c(N)nc4ccccc4c32)c1. The third-order valence-electron chi connectivity index (χ3n) is 5.01. The van der Waals surface area contributed by atoms with Crippen LogP contribution in [0.4, 0.5) is 16.3 Å². The standard InChI is InChI=1S/C22H23ClN6OS/c1-31-14-8-9-16(23)18(12-14)28-22(30)25-10-4-5-11-29-13-26-19-20(29)15-6-2-3-7-17(15)27-21(19)24/h2-3,6-9,12-13H,4-5,10-11H2,1H3,(H2,24,27)(H2,25,28,30). The number of anilines is 2. The minimum atomic E-state index is -0.266. The number of nitrogen functional groups attached to an aromatic ring is 1. The molecular formula is C22H23ClN6OS. The Kier molecular flexibility index (Phi) is 6.48. The number of benzene rings is 2. The zero-order valence-electron chi connectivity index (χ0n) is 17.1. The summed E-state index contributed by atoms with van der Waals surface area (Å²) in [6.45, 7) is 1.33. The van der Waals surface area contributed by atoms with Crippen LogP contribution in [0.2, 0.25) is 5.02 Å². The molecule has 9 heteroatoms. The molecule has 0 spiro atoms. The lowest BCUT2D eigenvalue weighted by Gasteiger charge is -2.11. The number of para-hydroxylation sites is 1. The first-order valence-electron chi connectivity index (χ1n) is 9.94. The van der Waals surface area contributed by atoms with E-state index in [1.807, 2.05) is 42.7 Å². The highest BCUT2D eigenvalue weighted by atomic mass is 35.5. The first-order valence-corrected chi connectivity index (χ1v) is 11.5. The fraction of sp³-hybridized carbons (Fsp3) is 0.227. The lowest BCUT2D eigenvalue weighted by atomic mass is 10.2. The van der Waals surface area contributed by atoms with Crippen molar-refractivity contribution in [1.29, 1.82) is 0 Å². The summed E-state index contributed by atoms with van der Waals surface area (Å²) in [5.41, 5.74) is 9.27. The number of imidazole rings is 1. The maximum absolute atomic E-state index is 12.2. The van der Waals surface area contributed by atoms with Gasteiger partial charge in [0.15, 0.2) is 5.82 Å². The summed E-state index contributed by atoms with van der Waals surface area (Å²) in [5.74, 6) is 0.440. The van der Waals surface area contributed by atoms with Crippen LogP contribution in [0.1, 0.15) is 12.8 Å². The van der Waals surface area contributed by atoms with Crippen molar-refractivity contribution >= 4 is 62.8 Å². The van der Waals surface area contributed by atoms with E-state index < -0.39 is 0 Å². The minimum Gasteiger partial charge on any atom is -0.382 e. The Bertz CT molecular complexity index is 1240. The minimum absolute atomic E-state index is 0.266. The number of halogens is 1. The summed E-state index contributed by atoms with van der Waals surface area (Å²) in [5, 5.41) is 7.24. The topological polar surface area (TPSA) is 97.9 Å². The van der Waals surface area contributed by atoms with Crippen molar-refractivity contribution in [2.24, 2.45) is 0 Å². The molecule has 0 aliphatic carbocycles. The van der Waals surface area contributed by atoms with Gasteiger partial charge >= 0.3 is 6.03 Å². The van der Waals surface area contributed by atoms with E-state index in [9.17, 15) is 4.79 Å². The van der Waals surface area contributed by atoms with Crippen LogP contribution in [-0.4, -0.2) is 33.4 Å². The lowest BCUT2D eigenvalue weighted by molar-refractivity contribution is 0.252. The van der Waals surface area contributed by atoms with Gasteiger partial charge in [0.2, 0.25) is 0 Å². The van der Waals surface area contributed by atoms with Gasteiger partial charge in [0.1, 0.15) is 5.52 Å². The van der Waals surface area contributed by atoms with Crippen molar-refractivity contribution in [2.75, 3.05) is 23.9 Å². The Labute approximate surface area is 189 Å². The molecule has 0 atom stereocenters. The molecule has 0 radical (unpaired) electrons. The van der Waals surface area contributed by atoms with E-state index in [0.717, 1.165) is 46.2 Å². The molecule has 0 saturated carbocycles. The fourth-order valence-electron chi connectivity index (χ4n) is 3.48. The number of fused-ring (bicyclic) bond motifs is 3. The molecule has 4 aromatic rings. The van der Waals surface area contributed by atoms with E-state index in [4.69, 9.17) is 17.3 Å². The number of nitrogens with zero attached hydrogens (tertiary/aromatic N) is 3. The van der Waals surface area contributed by atoms with Gasteiger partial charge in [-0.1, -0.05) is 29.8 Å². The van der Waals surface area contributed by atoms with Crippen LogP contribution in [0, 0.1) is 0 Å². The number of hydrogen-bond donors (Lipinski definition) is 3. The number of thioether (sulfide) groups is 1. The number of carbonyl (C=O) groups is 1. The number of pyridine rings is 1. The molecule has 0 aliphatic heterocycles. The van der Waals surface area contributed by atoms with E-state index in [0.29, 0.717) is 23.1 Å². The molecule has 31 heavy (non-hydrogen) atoms. The van der Waals surface area contributed by atoms with Crippen molar-refractivity contribution in [1.82, 2.24) is 19.9 Å². The molecule has 0 bridgehead atoms. The molecule has 0 fully saturated rings. The average molecular weight is 455 g/mol. The Morgan fingerprint density at radius 1 is 1.23 bits per heavy atom. The quantitative estimate of drug-likeness (QED) is 0.265. The number of hydrogen-bond acceptors (Lipinski definition) is 5. The van der Waals surface area contributed by atoms with Crippen LogP contribution < -0.4 is 16.4 Å². The second kappa shape index (κ2) is 9.45. The zero-order valence-corrected chi connectivity index (χ0v) is 18.6. The van der Waals surface area contributed by atoms with Gasteiger partial charge in [0.25, 0.3) is 0 Å². The summed E-state index contributed by atoms with van der Waals surface area (Å²) in [4.78, 5) is 22.1. The molecular weight excluding hydrogens is 432 g/mol. The molecule has 2 aromatic heterocycles. The van der Waals surface area contributed by atoms with E-state index in [2.05, 4.69) is 25.2 Å². The normalized spacial score (nSPS) is 11.2. The summed E-state index contributed by atoms with van der Waals surface area (Å²) >= 11 is 7.76. The number of aromatic nitrogens is 3. The maximum atomic E-state index is 12.2. The number of amides is 2. The predicted molar refractivity (Wildman–Crippen MR) is 129 cm³/mol. The van der Waals surface area contributed by atoms with Gasteiger partial charge in [-0.3, -0.25) is 0 Å². The van der Waals surface area contributed by atoms with Gasteiger partial charge < -0.3 is 20.9 Å². The molecule has 2 heterocycles. The number of nitrogens with one attached hydrogen (secondary N) is 2. The fourth-order valence-corrected chi connectivity index (χ4v) is 4.08. The highest BCUT2D eigenvalue weighted by Gasteiger charge is 2.12. The number of rotatable bonds is 7. The van der Waals surface area contributed by atoms with E-state index >= 15 is 0 Å². The molecule has 2 amide bonds. The molecule has 4 rings (SSSR count). The van der Waals surface area contributed by atoms with Crippen LogP contribution in [0.5, 0.6) is 0 Å². The van der Waals surface area contributed by atoms with Gasteiger partial charge in [-0.15, -0.1) is 11.8 Å². The van der Waals surface area contributed by atoms with Crippen molar-refractivity contribution in [3.05, 3.63) is 53.8 Å². The van der Waals surface area contributed by atoms with Gasteiger partial charge in [0, 0.05) is 23.4 Å². The molecule has 4 N–H and O–H groups in total. The molecule has 7 nitrogen and oxygen atoms in total. The first kappa shape index (κ1) is 21.3. The summed E-state index contributed by atoms with van der Waals surface area (Å²) in [7, 11) is 0. The molecule has 160 valence electrons. The van der Waals surface area contributed by atoms with Gasteiger partial charge in [-0.2, -0.15) is 0 Å². The Morgan fingerprint density at radius 3 is 2.90 bits per heavy atom. The number of aryl methyl sites for hydroxylation is 1. The van der Waals surface area contributed by atoms with Crippen LogP contribution >= 0.6 is 23.4 Å². The average Bonchev–Trinajstić information content (AvgIpc) is 3.20. The van der Waals surface area contributed by atoms with Crippen molar-refractivity contribution in [2.45, 2.75) is 24.3 Å². The van der Waals surface area contributed by atoms with Crippen LogP contribution in [0.3, 0.4) is 0 Å². The number of urea groups is 1.